The second kappa shape index (κ2) is 11.7. The van der Waals surface area contributed by atoms with Gasteiger partial charge in [0, 0.05) is 17.5 Å². The van der Waals surface area contributed by atoms with Gasteiger partial charge in [0.15, 0.2) is 5.16 Å². The first-order valence-corrected chi connectivity index (χ1v) is 14.4. The molecule has 1 amide bonds. The van der Waals surface area contributed by atoms with E-state index in [4.69, 9.17) is 23.2 Å². The zero-order valence-corrected chi connectivity index (χ0v) is 23.8. The highest BCUT2D eigenvalue weighted by molar-refractivity contribution is 7.98. The van der Waals surface area contributed by atoms with Crippen LogP contribution in [0.2, 0.25) is 10.0 Å². The van der Waals surface area contributed by atoms with Crippen LogP contribution in [0.4, 0.5) is 5.69 Å². The fraction of sp³-hybridized carbons (Fsp3) is 0.143. The normalized spacial score (nSPS) is 11.1. The van der Waals surface area contributed by atoms with Gasteiger partial charge in [0.05, 0.1) is 21.5 Å². The quantitative estimate of drug-likeness (QED) is 0.190. The first-order chi connectivity index (χ1) is 18.4. The predicted molar refractivity (Wildman–Crippen MR) is 156 cm³/mol. The summed E-state index contributed by atoms with van der Waals surface area (Å²) in [4.78, 5) is 17.3. The van der Waals surface area contributed by atoms with E-state index < -0.39 is 0 Å². The van der Waals surface area contributed by atoms with E-state index in [-0.39, 0.29) is 5.91 Å². The molecular formula is C28H23Cl2N5OS2. The molecular weight excluding hydrogens is 557 g/mol. The molecule has 6 nitrogen and oxygen atoms in total. The van der Waals surface area contributed by atoms with Gasteiger partial charge in [-0.15, -0.1) is 21.5 Å². The van der Waals surface area contributed by atoms with Gasteiger partial charge in [0.2, 0.25) is 0 Å². The number of nitrogens with one attached hydrogen (secondary N) is 1. The topological polar surface area (TPSA) is 72.7 Å². The van der Waals surface area contributed by atoms with Crippen LogP contribution in [0.15, 0.2) is 77.3 Å². The summed E-state index contributed by atoms with van der Waals surface area (Å²) >= 11 is 15.4. The molecule has 0 atom stereocenters. The van der Waals surface area contributed by atoms with Gasteiger partial charge < -0.3 is 5.32 Å². The van der Waals surface area contributed by atoms with Gasteiger partial charge in [0.25, 0.3) is 5.91 Å². The Bertz CT molecular complexity index is 1600. The number of hydrogen-bond donors (Lipinski definition) is 1. The molecule has 1 N–H and O–H groups in total. The monoisotopic (exact) mass is 579 g/mol. The number of carbonyl (C=O) groups is 1. The summed E-state index contributed by atoms with van der Waals surface area (Å²) in [6, 6.07) is 21.4. The standard InChI is InChI=1S/C28H23Cl2N5OS2/c1-17-8-9-20(12-18(17)2)31-27(36)24-15-37-26(32-24)16-38-28-34-33-25(13-19-6-4-3-5-7-19)35(28)21-10-11-22(29)23(30)14-21/h3-12,14-15H,13,16H2,1-2H3,(H,31,36). The molecule has 0 aliphatic rings. The molecule has 0 bridgehead atoms. The number of thiazole rings is 1. The first kappa shape index (κ1) is 26.4. The van der Waals surface area contributed by atoms with Crippen LogP contribution >= 0.6 is 46.3 Å². The molecule has 0 spiro atoms. The largest absolute Gasteiger partial charge is 0.321 e. The number of amides is 1. The minimum Gasteiger partial charge on any atom is -0.321 e. The first-order valence-electron chi connectivity index (χ1n) is 11.8. The maximum Gasteiger partial charge on any atom is 0.275 e. The number of thioether (sulfide) groups is 1. The molecule has 0 aliphatic heterocycles. The third-order valence-corrected chi connectivity index (χ3v) is 8.65. The van der Waals surface area contributed by atoms with Crippen molar-refractivity contribution in [1.29, 1.82) is 0 Å². The summed E-state index contributed by atoms with van der Waals surface area (Å²) < 4.78 is 1.99. The van der Waals surface area contributed by atoms with Gasteiger partial charge in [-0.2, -0.15) is 0 Å². The fourth-order valence-corrected chi connectivity index (χ4v) is 5.85. The number of aryl methyl sites for hydroxylation is 2. The molecule has 0 aliphatic carbocycles. The number of rotatable bonds is 8. The lowest BCUT2D eigenvalue weighted by atomic mass is 10.1. The number of halogens is 2. The second-order valence-electron chi connectivity index (χ2n) is 8.66. The third-order valence-electron chi connectivity index (χ3n) is 5.94. The number of nitrogens with zero attached hydrogens (tertiary/aromatic N) is 4. The van der Waals surface area contributed by atoms with Crippen molar-refractivity contribution < 1.29 is 4.79 Å². The van der Waals surface area contributed by atoms with Crippen molar-refractivity contribution in [2.24, 2.45) is 0 Å². The lowest BCUT2D eigenvalue weighted by molar-refractivity contribution is 0.102. The third kappa shape index (κ3) is 6.10. The maximum absolute atomic E-state index is 12.7. The Morgan fingerprint density at radius 3 is 2.55 bits per heavy atom. The summed E-state index contributed by atoms with van der Waals surface area (Å²) in [5.41, 5.74) is 5.39. The Morgan fingerprint density at radius 2 is 1.79 bits per heavy atom. The Morgan fingerprint density at radius 1 is 0.974 bits per heavy atom. The summed E-state index contributed by atoms with van der Waals surface area (Å²) in [6.45, 7) is 4.06. The molecule has 192 valence electrons. The molecule has 0 saturated carbocycles. The van der Waals surface area contributed by atoms with Crippen LogP contribution in [0.1, 0.15) is 38.0 Å². The zero-order chi connectivity index (χ0) is 26.6. The molecule has 10 heteroatoms. The van der Waals surface area contributed by atoms with E-state index >= 15 is 0 Å². The SMILES string of the molecule is Cc1ccc(NC(=O)c2csc(CSc3nnc(Cc4ccccc4)n3-c3ccc(Cl)c(Cl)c3)n2)cc1C. The van der Waals surface area contributed by atoms with Crippen molar-refractivity contribution in [3.05, 3.63) is 115 Å². The fourth-order valence-electron chi connectivity index (χ4n) is 3.79. The van der Waals surface area contributed by atoms with E-state index in [1.54, 1.807) is 11.4 Å². The van der Waals surface area contributed by atoms with E-state index in [2.05, 4.69) is 32.6 Å². The molecule has 2 heterocycles. The van der Waals surface area contributed by atoms with Gasteiger partial charge in [-0.25, -0.2) is 4.98 Å². The Balaban J connectivity index is 1.34. The predicted octanol–water partition coefficient (Wildman–Crippen LogP) is 7.78. The second-order valence-corrected chi connectivity index (χ2v) is 11.4. The summed E-state index contributed by atoms with van der Waals surface area (Å²) in [6.07, 6.45) is 0.606. The molecule has 0 unspecified atom stereocenters. The van der Waals surface area contributed by atoms with Crippen molar-refractivity contribution >= 4 is 57.9 Å². The summed E-state index contributed by atoms with van der Waals surface area (Å²) in [7, 11) is 0. The van der Waals surface area contributed by atoms with E-state index in [1.165, 1.54) is 28.7 Å². The molecule has 0 saturated heterocycles. The lowest BCUT2D eigenvalue weighted by Gasteiger charge is -2.11. The van der Waals surface area contributed by atoms with E-state index in [0.29, 0.717) is 33.1 Å². The van der Waals surface area contributed by atoms with Crippen molar-refractivity contribution in [2.75, 3.05) is 5.32 Å². The number of benzene rings is 3. The smallest absolute Gasteiger partial charge is 0.275 e. The summed E-state index contributed by atoms with van der Waals surface area (Å²) in [5.74, 6) is 1.08. The molecule has 0 fully saturated rings. The highest BCUT2D eigenvalue weighted by atomic mass is 35.5. The zero-order valence-electron chi connectivity index (χ0n) is 20.6. The minimum absolute atomic E-state index is 0.232. The van der Waals surface area contributed by atoms with Crippen LogP contribution in [0, 0.1) is 13.8 Å². The van der Waals surface area contributed by atoms with Crippen LogP contribution in [0.3, 0.4) is 0 Å². The molecule has 0 radical (unpaired) electrons. The van der Waals surface area contributed by atoms with Crippen molar-refractivity contribution in [2.45, 2.75) is 31.2 Å². The van der Waals surface area contributed by atoms with E-state index in [9.17, 15) is 4.79 Å². The highest BCUT2D eigenvalue weighted by Crippen LogP contribution is 2.31. The Labute approximate surface area is 239 Å². The van der Waals surface area contributed by atoms with Crippen molar-refractivity contribution in [3.63, 3.8) is 0 Å². The van der Waals surface area contributed by atoms with Crippen LogP contribution in [0.5, 0.6) is 0 Å². The van der Waals surface area contributed by atoms with Crippen LogP contribution in [0.25, 0.3) is 5.69 Å². The van der Waals surface area contributed by atoms with E-state index in [1.807, 2.05) is 66.9 Å². The van der Waals surface area contributed by atoms with Gasteiger partial charge in [-0.1, -0.05) is 71.4 Å². The van der Waals surface area contributed by atoms with Gasteiger partial charge in [-0.3, -0.25) is 9.36 Å². The minimum atomic E-state index is -0.232. The molecule has 2 aromatic heterocycles. The van der Waals surface area contributed by atoms with E-state index in [0.717, 1.165) is 33.3 Å². The molecule has 3 aromatic carbocycles. The number of hydrogen-bond acceptors (Lipinski definition) is 6. The number of anilines is 1. The van der Waals surface area contributed by atoms with Crippen LogP contribution in [-0.2, 0) is 12.2 Å². The van der Waals surface area contributed by atoms with Crippen molar-refractivity contribution in [3.8, 4) is 5.69 Å². The molecule has 5 rings (SSSR count). The maximum atomic E-state index is 12.7. The summed E-state index contributed by atoms with van der Waals surface area (Å²) in [5, 5.41) is 16.1. The van der Waals surface area contributed by atoms with Crippen LogP contribution in [-0.4, -0.2) is 25.7 Å². The Hall–Kier alpha value is -3.17. The average molecular weight is 581 g/mol. The highest BCUT2D eigenvalue weighted by Gasteiger charge is 2.18. The van der Waals surface area contributed by atoms with Gasteiger partial charge in [-0.05, 0) is 60.9 Å². The molecule has 38 heavy (non-hydrogen) atoms. The van der Waals surface area contributed by atoms with Crippen LogP contribution < -0.4 is 5.32 Å². The van der Waals surface area contributed by atoms with Gasteiger partial charge >= 0.3 is 0 Å². The van der Waals surface area contributed by atoms with Gasteiger partial charge in [0.1, 0.15) is 16.5 Å². The van der Waals surface area contributed by atoms with Crippen molar-refractivity contribution in [1.82, 2.24) is 19.7 Å². The number of carbonyl (C=O) groups excluding carboxylic acids is 1. The average Bonchev–Trinajstić information content (AvgIpc) is 3.54. The molecule has 5 aromatic rings. The lowest BCUT2D eigenvalue weighted by Crippen LogP contribution is -2.12. The number of aromatic nitrogens is 4. The Kier molecular flexibility index (Phi) is 8.14.